The van der Waals surface area contributed by atoms with Gasteiger partial charge in [-0.15, -0.1) is 0 Å². The first-order valence-corrected chi connectivity index (χ1v) is 14.7. The van der Waals surface area contributed by atoms with E-state index >= 15 is 0 Å². The van der Waals surface area contributed by atoms with Gasteiger partial charge in [-0.3, -0.25) is 14.3 Å². The van der Waals surface area contributed by atoms with Crippen molar-refractivity contribution in [1.29, 1.82) is 0 Å². The SMILES string of the molecule is Cc1ccc2c(c1)c(=O)n(C(C)(C)C(=O)O)c(=O)n2CCCCN1CCN(C(c2ccccc2)c2ccccc2)CC1. The lowest BCUT2D eigenvalue weighted by Gasteiger charge is -2.40. The van der Waals surface area contributed by atoms with Gasteiger partial charge in [0.15, 0.2) is 0 Å². The number of piperazine rings is 1. The molecule has 2 heterocycles. The van der Waals surface area contributed by atoms with E-state index in [9.17, 15) is 19.5 Å². The molecule has 1 fully saturated rings. The molecule has 1 saturated heterocycles. The highest BCUT2D eigenvalue weighted by Crippen LogP contribution is 2.29. The molecular formula is C34H40N4O4. The van der Waals surface area contributed by atoms with Crippen LogP contribution in [0.15, 0.2) is 88.5 Å². The van der Waals surface area contributed by atoms with Crippen LogP contribution in [0.2, 0.25) is 0 Å². The van der Waals surface area contributed by atoms with Crippen molar-refractivity contribution in [2.24, 2.45) is 0 Å². The summed E-state index contributed by atoms with van der Waals surface area (Å²) in [5, 5.41) is 10.2. The number of carboxylic acid groups (broad SMARTS) is 1. The van der Waals surface area contributed by atoms with Gasteiger partial charge in [0, 0.05) is 32.7 Å². The zero-order valence-electron chi connectivity index (χ0n) is 24.7. The molecule has 0 saturated carbocycles. The molecule has 0 unspecified atom stereocenters. The van der Waals surface area contributed by atoms with Gasteiger partial charge < -0.3 is 10.0 Å². The number of aliphatic carboxylic acids is 1. The summed E-state index contributed by atoms with van der Waals surface area (Å²) in [4.78, 5) is 43.8. The van der Waals surface area contributed by atoms with Gasteiger partial charge in [-0.2, -0.15) is 0 Å². The second-order valence-electron chi connectivity index (χ2n) is 11.8. The van der Waals surface area contributed by atoms with Gasteiger partial charge in [0.2, 0.25) is 0 Å². The molecule has 220 valence electrons. The third-order valence-corrected chi connectivity index (χ3v) is 8.49. The molecule has 0 radical (unpaired) electrons. The highest BCUT2D eigenvalue weighted by atomic mass is 16.4. The molecule has 4 aromatic rings. The molecule has 1 N–H and O–H groups in total. The molecule has 3 aromatic carbocycles. The molecule has 5 rings (SSSR count). The lowest BCUT2D eigenvalue weighted by Crippen LogP contribution is -2.52. The van der Waals surface area contributed by atoms with Crippen LogP contribution < -0.4 is 11.2 Å². The fourth-order valence-electron chi connectivity index (χ4n) is 6.03. The summed E-state index contributed by atoms with van der Waals surface area (Å²) >= 11 is 0. The van der Waals surface area contributed by atoms with Gasteiger partial charge in [0.05, 0.1) is 16.9 Å². The summed E-state index contributed by atoms with van der Waals surface area (Å²) in [5.74, 6) is -1.22. The molecule has 42 heavy (non-hydrogen) atoms. The molecule has 1 aliphatic heterocycles. The molecule has 0 atom stereocenters. The van der Waals surface area contributed by atoms with E-state index < -0.39 is 22.8 Å². The average Bonchev–Trinajstić information content (AvgIpc) is 2.99. The first-order chi connectivity index (χ1) is 20.2. The summed E-state index contributed by atoms with van der Waals surface area (Å²) < 4.78 is 2.47. The summed E-state index contributed by atoms with van der Waals surface area (Å²) in [6.45, 7) is 9.86. The van der Waals surface area contributed by atoms with Crippen LogP contribution in [0.5, 0.6) is 0 Å². The predicted octanol–water partition coefficient (Wildman–Crippen LogP) is 4.48. The van der Waals surface area contributed by atoms with Crippen LogP contribution in [-0.4, -0.2) is 62.7 Å². The summed E-state index contributed by atoms with van der Waals surface area (Å²) in [5.41, 5.74) is 1.23. The van der Waals surface area contributed by atoms with Crippen molar-refractivity contribution in [3.8, 4) is 0 Å². The zero-order valence-corrected chi connectivity index (χ0v) is 24.7. The van der Waals surface area contributed by atoms with E-state index in [4.69, 9.17) is 0 Å². The quantitative estimate of drug-likeness (QED) is 0.284. The Labute approximate surface area is 246 Å². The Morgan fingerprint density at radius 1 is 0.833 bits per heavy atom. The number of aromatic nitrogens is 2. The Morgan fingerprint density at radius 3 is 1.98 bits per heavy atom. The normalized spacial score (nSPS) is 15.0. The number of benzene rings is 3. The number of fused-ring (bicyclic) bond motifs is 1. The summed E-state index contributed by atoms with van der Waals surface area (Å²) in [7, 11) is 0. The number of rotatable bonds is 10. The minimum Gasteiger partial charge on any atom is -0.480 e. The van der Waals surface area contributed by atoms with Crippen molar-refractivity contribution in [2.45, 2.75) is 51.7 Å². The minimum atomic E-state index is -1.66. The monoisotopic (exact) mass is 568 g/mol. The van der Waals surface area contributed by atoms with Gasteiger partial charge in [0.1, 0.15) is 5.54 Å². The highest BCUT2D eigenvalue weighted by Gasteiger charge is 2.34. The van der Waals surface area contributed by atoms with E-state index in [2.05, 4.69) is 70.5 Å². The Hall–Kier alpha value is -4.01. The maximum absolute atomic E-state index is 13.5. The maximum atomic E-state index is 13.5. The minimum absolute atomic E-state index is 0.226. The van der Waals surface area contributed by atoms with E-state index in [0.717, 1.165) is 55.7 Å². The molecule has 1 aliphatic rings. The van der Waals surface area contributed by atoms with Gasteiger partial charge in [-0.05, 0) is 63.4 Å². The van der Waals surface area contributed by atoms with Crippen LogP contribution in [-0.2, 0) is 16.9 Å². The topological polar surface area (TPSA) is 87.8 Å². The number of unbranched alkanes of at least 4 members (excludes halogenated alkanes) is 1. The Kier molecular flexibility index (Phi) is 8.75. The van der Waals surface area contributed by atoms with Crippen molar-refractivity contribution < 1.29 is 9.90 Å². The predicted molar refractivity (Wildman–Crippen MR) is 166 cm³/mol. The van der Waals surface area contributed by atoms with Gasteiger partial charge >= 0.3 is 11.7 Å². The first kappa shape index (κ1) is 29.5. The van der Waals surface area contributed by atoms with Crippen molar-refractivity contribution in [1.82, 2.24) is 18.9 Å². The Bertz CT molecular complexity index is 1610. The standard InChI is InChI=1S/C34H40N4O4/c1-25-16-17-29-28(24-25)31(39)38(34(2,3)32(40)41)33(42)37(29)19-11-10-18-35-20-22-36(23-21-35)30(26-12-6-4-7-13-26)27-14-8-5-9-15-27/h4-9,12-17,24,30H,10-11,18-23H2,1-3H3,(H,40,41). The van der Waals surface area contributed by atoms with E-state index in [0.29, 0.717) is 17.4 Å². The molecule has 0 bridgehead atoms. The van der Waals surface area contributed by atoms with E-state index in [1.165, 1.54) is 25.0 Å². The molecule has 0 spiro atoms. The van der Waals surface area contributed by atoms with Crippen LogP contribution >= 0.6 is 0 Å². The lowest BCUT2D eigenvalue weighted by atomic mass is 9.96. The number of carboxylic acids is 1. The Morgan fingerprint density at radius 2 is 1.40 bits per heavy atom. The van der Waals surface area contributed by atoms with Crippen molar-refractivity contribution in [3.05, 3.63) is 116 Å². The molecule has 0 aliphatic carbocycles. The number of hydrogen-bond donors (Lipinski definition) is 1. The van der Waals surface area contributed by atoms with Crippen LogP contribution in [0.3, 0.4) is 0 Å². The van der Waals surface area contributed by atoms with Crippen molar-refractivity contribution >= 4 is 16.9 Å². The smallest absolute Gasteiger partial charge is 0.332 e. The third-order valence-electron chi connectivity index (χ3n) is 8.49. The first-order valence-electron chi connectivity index (χ1n) is 14.7. The molecule has 1 aromatic heterocycles. The molecule has 8 heteroatoms. The number of nitrogens with zero attached hydrogens (tertiary/aromatic N) is 4. The van der Waals surface area contributed by atoms with E-state index in [1.807, 2.05) is 13.0 Å². The van der Waals surface area contributed by atoms with Crippen molar-refractivity contribution in [2.75, 3.05) is 32.7 Å². The average molecular weight is 569 g/mol. The number of carbonyl (C=O) groups is 1. The third kappa shape index (κ3) is 5.96. The zero-order chi connectivity index (χ0) is 29.9. The highest BCUT2D eigenvalue weighted by molar-refractivity contribution is 5.80. The van der Waals surface area contributed by atoms with E-state index in [-0.39, 0.29) is 6.04 Å². The fourth-order valence-corrected chi connectivity index (χ4v) is 6.03. The molecular weight excluding hydrogens is 528 g/mol. The maximum Gasteiger partial charge on any atom is 0.332 e. The number of hydrogen-bond acceptors (Lipinski definition) is 5. The fraction of sp³-hybridized carbons (Fsp3) is 0.382. The van der Waals surface area contributed by atoms with Crippen molar-refractivity contribution in [3.63, 3.8) is 0 Å². The lowest BCUT2D eigenvalue weighted by molar-refractivity contribution is -0.146. The van der Waals surface area contributed by atoms with Crippen LogP contribution in [0.25, 0.3) is 10.9 Å². The second-order valence-corrected chi connectivity index (χ2v) is 11.8. The van der Waals surface area contributed by atoms with Crippen LogP contribution in [0.4, 0.5) is 0 Å². The molecule has 8 nitrogen and oxygen atoms in total. The number of aryl methyl sites for hydroxylation is 2. The van der Waals surface area contributed by atoms with Gasteiger partial charge in [-0.25, -0.2) is 14.2 Å². The van der Waals surface area contributed by atoms with Gasteiger partial charge in [0.25, 0.3) is 5.56 Å². The molecule has 0 amide bonds. The second kappa shape index (κ2) is 12.5. The van der Waals surface area contributed by atoms with Gasteiger partial charge in [-0.1, -0.05) is 72.3 Å². The van der Waals surface area contributed by atoms with Crippen LogP contribution in [0.1, 0.15) is 49.4 Å². The van der Waals surface area contributed by atoms with E-state index in [1.54, 1.807) is 16.7 Å². The Balaban J connectivity index is 1.26. The summed E-state index contributed by atoms with van der Waals surface area (Å²) in [6.07, 6.45) is 1.63. The summed E-state index contributed by atoms with van der Waals surface area (Å²) in [6, 6.07) is 27.0. The largest absolute Gasteiger partial charge is 0.480 e. The van der Waals surface area contributed by atoms with Crippen LogP contribution in [0, 0.1) is 6.92 Å².